The van der Waals surface area contributed by atoms with Gasteiger partial charge in [0.2, 0.25) is 11.7 Å². The zero-order chi connectivity index (χ0) is 26.4. The third-order valence-electron chi connectivity index (χ3n) is 6.52. The number of nitrogens with zero attached hydrogens (tertiary/aromatic N) is 1. The molecule has 2 aromatic carbocycles. The number of ether oxygens (including phenoxy) is 3. The fourth-order valence-electron chi connectivity index (χ4n) is 4.69. The highest BCUT2D eigenvalue weighted by Crippen LogP contribution is 2.41. The normalized spacial score (nSPS) is 14.2. The number of carbonyl (C=O) groups excluding carboxylic acids is 2. The van der Waals surface area contributed by atoms with Crippen LogP contribution in [-0.4, -0.2) is 44.1 Å². The molecule has 0 radical (unpaired) electrons. The maximum atomic E-state index is 13.9. The van der Waals surface area contributed by atoms with Crippen molar-refractivity contribution in [1.82, 2.24) is 10.2 Å². The van der Waals surface area contributed by atoms with E-state index < -0.39 is 17.8 Å². The first-order valence-corrected chi connectivity index (χ1v) is 12.1. The molecule has 0 aliphatic heterocycles. The molecule has 1 atom stereocenters. The summed E-state index contributed by atoms with van der Waals surface area (Å²) in [6.45, 7) is 0.0270. The molecule has 2 amide bonds. The monoisotopic (exact) mass is 510 g/mol. The molecule has 0 saturated heterocycles. The lowest BCUT2D eigenvalue weighted by Crippen LogP contribution is -2.45. The summed E-state index contributed by atoms with van der Waals surface area (Å²) in [6, 6.07) is 11.2. The molecule has 9 heteroatoms. The molecule has 196 valence electrons. The predicted molar refractivity (Wildman–Crippen MR) is 134 cm³/mol. The average molecular weight is 511 g/mol. The van der Waals surface area contributed by atoms with E-state index in [1.165, 1.54) is 44.6 Å². The van der Waals surface area contributed by atoms with Crippen LogP contribution in [0.1, 0.15) is 53.4 Å². The first kappa shape index (κ1) is 26.1. The van der Waals surface area contributed by atoms with Gasteiger partial charge in [0.1, 0.15) is 11.9 Å². The number of benzene rings is 2. The van der Waals surface area contributed by atoms with Crippen LogP contribution < -0.4 is 19.5 Å². The lowest BCUT2D eigenvalue weighted by atomic mass is 10.0. The maximum absolute atomic E-state index is 13.9. The van der Waals surface area contributed by atoms with Gasteiger partial charge in [-0.3, -0.25) is 9.59 Å². The third kappa shape index (κ3) is 5.87. The van der Waals surface area contributed by atoms with Gasteiger partial charge in [-0.1, -0.05) is 25.0 Å². The fraction of sp³-hybridized carbons (Fsp3) is 0.357. The number of amides is 2. The second kappa shape index (κ2) is 11.8. The third-order valence-corrected chi connectivity index (χ3v) is 6.52. The molecule has 1 fully saturated rings. The summed E-state index contributed by atoms with van der Waals surface area (Å²) < 4.78 is 35.5. The molecule has 0 unspecified atom stereocenters. The van der Waals surface area contributed by atoms with E-state index in [9.17, 15) is 14.0 Å². The first-order valence-electron chi connectivity index (χ1n) is 12.1. The number of rotatable bonds is 10. The average Bonchev–Trinajstić information content (AvgIpc) is 3.63. The molecular weight excluding hydrogens is 479 g/mol. The smallest absolute Gasteiger partial charge is 0.290 e. The van der Waals surface area contributed by atoms with Crippen LogP contribution in [0.4, 0.5) is 4.39 Å². The van der Waals surface area contributed by atoms with Crippen molar-refractivity contribution in [2.45, 2.75) is 44.3 Å². The van der Waals surface area contributed by atoms with Crippen molar-refractivity contribution < 1.29 is 32.6 Å². The lowest BCUT2D eigenvalue weighted by Gasteiger charge is -2.32. The molecule has 8 nitrogen and oxygen atoms in total. The lowest BCUT2D eigenvalue weighted by molar-refractivity contribution is -0.126. The number of methoxy groups -OCH3 is 3. The Kier molecular flexibility index (Phi) is 8.32. The predicted octanol–water partition coefficient (Wildman–Crippen LogP) is 4.89. The van der Waals surface area contributed by atoms with E-state index >= 15 is 0 Å². The van der Waals surface area contributed by atoms with Gasteiger partial charge in [-0.25, -0.2) is 4.39 Å². The summed E-state index contributed by atoms with van der Waals surface area (Å²) in [5.41, 5.74) is 1.11. The maximum Gasteiger partial charge on any atom is 0.290 e. The van der Waals surface area contributed by atoms with E-state index in [-0.39, 0.29) is 24.3 Å². The van der Waals surface area contributed by atoms with Crippen LogP contribution in [-0.2, 0) is 11.3 Å². The summed E-state index contributed by atoms with van der Waals surface area (Å²) in [6.07, 6.45) is 5.21. The van der Waals surface area contributed by atoms with Crippen molar-refractivity contribution in [3.05, 3.63) is 77.5 Å². The summed E-state index contributed by atoms with van der Waals surface area (Å²) in [7, 11) is 4.46. The van der Waals surface area contributed by atoms with Gasteiger partial charge >= 0.3 is 0 Å². The molecule has 1 saturated carbocycles. The van der Waals surface area contributed by atoms with Crippen LogP contribution >= 0.6 is 0 Å². The van der Waals surface area contributed by atoms with Gasteiger partial charge in [-0.2, -0.15) is 0 Å². The van der Waals surface area contributed by atoms with Crippen LogP contribution in [0.15, 0.2) is 59.2 Å². The van der Waals surface area contributed by atoms with Gasteiger partial charge < -0.3 is 28.8 Å². The van der Waals surface area contributed by atoms with Crippen molar-refractivity contribution in [3.63, 3.8) is 0 Å². The second-order valence-corrected chi connectivity index (χ2v) is 8.89. The fourth-order valence-corrected chi connectivity index (χ4v) is 4.69. The Bertz CT molecular complexity index is 1180. The molecule has 1 aromatic heterocycles. The molecular formula is C28H31FN2O6. The quantitative estimate of drug-likeness (QED) is 0.418. The number of hydrogen-bond donors (Lipinski definition) is 1. The highest BCUT2D eigenvalue weighted by molar-refractivity contribution is 5.96. The summed E-state index contributed by atoms with van der Waals surface area (Å²) in [4.78, 5) is 29.1. The van der Waals surface area contributed by atoms with E-state index in [1.54, 1.807) is 36.4 Å². The Morgan fingerprint density at radius 1 is 1.03 bits per heavy atom. The molecule has 3 aromatic rings. The Morgan fingerprint density at radius 2 is 1.68 bits per heavy atom. The number of halogens is 1. The Hall–Kier alpha value is -4.01. The summed E-state index contributed by atoms with van der Waals surface area (Å²) in [5, 5.41) is 3.12. The molecule has 1 heterocycles. The van der Waals surface area contributed by atoms with Crippen molar-refractivity contribution in [2.24, 2.45) is 0 Å². The van der Waals surface area contributed by atoms with E-state index in [2.05, 4.69) is 5.32 Å². The number of hydrogen-bond acceptors (Lipinski definition) is 6. The Morgan fingerprint density at radius 3 is 2.22 bits per heavy atom. The Labute approximate surface area is 215 Å². The first-order chi connectivity index (χ1) is 17.9. The minimum Gasteiger partial charge on any atom is -0.493 e. The molecule has 1 N–H and O–H groups in total. The Balaban J connectivity index is 1.84. The van der Waals surface area contributed by atoms with Crippen molar-refractivity contribution >= 4 is 11.8 Å². The molecule has 0 spiro atoms. The number of nitrogens with one attached hydrogen (secondary N) is 1. The van der Waals surface area contributed by atoms with Crippen molar-refractivity contribution in [2.75, 3.05) is 21.3 Å². The molecule has 1 aliphatic carbocycles. The van der Waals surface area contributed by atoms with E-state index in [4.69, 9.17) is 18.6 Å². The van der Waals surface area contributed by atoms with Gasteiger partial charge in [-0.05, 0) is 60.4 Å². The highest BCUT2D eigenvalue weighted by atomic mass is 19.1. The van der Waals surface area contributed by atoms with E-state index in [1.807, 2.05) is 0 Å². The van der Waals surface area contributed by atoms with Crippen LogP contribution in [0, 0.1) is 5.82 Å². The number of carbonyl (C=O) groups is 2. The minimum atomic E-state index is -1.07. The number of furan rings is 1. The van der Waals surface area contributed by atoms with Gasteiger partial charge in [0.05, 0.1) is 27.6 Å². The van der Waals surface area contributed by atoms with Crippen LogP contribution in [0.25, 0.3) is 0 Å². The van der Waals surface area contributed by atoms with Crippen LogP contribution in [0.5, 0.6) is 17.2 Å². The molecule has 1 aliphatic rings. The zero-order valence-electron chi connectivity index (χ0n) is 21.2. The molecule has 0 bridgehead atoms. The zero-order valence-corrected chi connectivity index (χ0v) is 21.2. The van der Waals surface area contributed by atoms with Crippen LogP contribution in [0.3, 0.4) is 0 Å². The van der Waals surface area contributed by atoms with Crippen molar-refractivity contribution in [1.29, 1.82) is 0 Å². The largest absolute Gasteiger partial charge is 0.493 e. The summed E-state index contributed by atoms with van der Waals surface area (Å²) >= 11 is 0. The van der Waals surface area contributed by atoms with E-state index in [0.29, 0.717) is 28.4 Å². The van der Waals surface area contributed by atoms with Gasteiger partial charge in [-0.15, -0.1) is 0 Å². The topological polar surface area (TPSA) is 90.2 Å². The highest BCUT2D eigenvalue weighted by Gasteiger charge is 2.36. The van der Waals surface area contributed by atoms with Gasteiger partial charge in [0.25, 0.3) is 5.91 Å². The summed E-state index contributed by atoms with van der Waals surface area (Å²) in [5.74, 6) is -0.0876. The second-order valence-electron chi connectivity index (χ2n) is 8.89. The van der Waals surface area contributed by atoms with Crippen LogP contribution in [0.2, 0.25) is 0 Å². The molecule has 37 heavy (non-hydrogen) atoms. The standard InChI is InChI=1S/C28H31FN2O6/c1-34-23-15-19(16-24(35-2)26(23)36-3)25(27(32)30-21-7-4-5-8-21)31(28(33)22-9-6-14-37-22)17-18-10-12-20(29)13-11-18/h6,9-16,21,25H,4-5,7-8,17H2,1-3H3,(H,30,32)/t25-/m0/s1. The van der Waals surface area contributed by atoms with E-state index in [0.717, 1.165) is 25.7 Å². The van der Waals surface area contributed by atoms with Crippen molar-refractivity contribution in [3.8, 4) is 17.2 Å². The van der Waals surface area contributed by atoms with Gasteiger partial charge in [0, 0.05) is 12.6 Å². The SMILES string of the molecule is COc1cc([C@@H](C(=O)NC2CCCC2)N(Cc2ccc(F)cc2)C(=O)c2ccco2)cc(OC)c1OC. The molecule has 4 rings (SSSR count). The minimum absolute atomic E-state index is 0.0171. The van der Waals surface area contributed by atoms with Gasteiger partial charge in [0.15, 0.2) is 17.3 Å².